The third-order valence-electron chi connectivity index (χ3n) is 2.46. The van der Waals surface area contributed by atoms with Crippen molar-refractivity contribution >= 4 is 21.8 Å². The van der Waals surface area contributed by atoms with Gasteiger partial charge < -0.3 is 4.98 Å². The van der Waals surface area contributed by atoms with Gasteiger partial charge in [-0.2, -0.15) is 5.26 Å². The highest BCUT2D eigenvalue weighted by atomic mass is 14.9. The lowest BCUT2D eigenvalue weighted by Gasteiger charge is -1.95. The Labute approximate surface area is 86.0 Å². The van der Waals surface area contributed by atoms with Gasteiger partial charge in [0.1, 0.15) is 6.07 Å². The van der Waals surface area contributed by atoms with Gasteiger partial charge >= 0.3 is 0 Å². The first-order chi connectivity index (χ1) is 7.36. The average Bonchev–Trinajstić information content (AvgIpc) is 2.67. The van der Waals surface area contributed by atoms with E-state index >= 15 is 0 Å². The number of imidazole rings is 1. The van der Waals surface area contributed by atoms with Crippen molar-refractivity contribution in [2.75, 3.05) is 0 Å². The first-order valence-corrected chi connectivity index (χ1v) is 4.65. The van der Waals surface area contributed by atoms with Gasteiger partial charge in [-0.15, -0.1) is 0 Å². The lowest BCUT2D eigenvalue weighted by atomic mass is 10.1. The van der Waals surface area contributed by atoms with E-state index in [2.05, 4.69) is 9.97 Å². The smallest absolute Gasteiger partial charge is 0.211 e. The van der Waals surface area contributed by atoms with Crippen LogP contribution in [0.1, 0.15) is 5.82 Å². The minimum absolute atomic E-state index is 0.361. The van der Waals surface area contributed by atoms with Gasteiger partial charge in [-0.1, -0.05) is 24.3 Å². The number of benzene rings is 2. The van der Waals surface area contributed by atoms with E-state index in [9.17, 15) is 0 Å². The van der Waals surface area contributed by atoms with Crippen LogP contribution in [0.25, 0.3) is 21.8 Å². The molecule has 0 aliphatic carbocycles. The number of hydrogen-bond donors (Lipinski definition) is 1. The van der Waals surface area contributed by atoms with Gasteiger partial charge in [0.25, 0.3) is 0 Å². The van der Waals surface area contributed by atoms with Crippen molar-refractivity contribution in [2.45, 2.75) is 0 Å². The van der Waals surface area contributed by atoms with Crippen LogP contribution in [0.5, 0.6) is 0 Å². The van der Waals surface area contributed by atoms with Gasteiger partial charge in [0.15, 0.2) is 0 Å². The predicted octanol–water partition coefficient (Wildman–Crippen LogP) is 2.59. The summed E-state index contributed by atoms with van der Waals surface area (Å²) >= 11 is 0. The van der Waals surface area contributed by atoms with Crippen LogP contribution in [-0.4, -0.2) is 9.97 Å². The Hall–Kier alpha value is -2.34. The number of nitriles is 1. The molecule has 1 aromatic heterocycles. The highest BCUT2D eigenvalue weighted by molar-refractivity contribution is 5.95. The van der Waals surface area contributed by atoms with E-state index < -0.39 is 0 Å². The second-order valence-corrected chi connectivity index (χ2v) is 3.41. The largest absolute Gasteiger partial charge is 0.329 e. The molecule has 15 heavy (non-hydrogen) atoms. The Balaban J connectivity index is 2.46. The van der Waals surface area contributed by atoms with Crippen LogP contribution in [0, 0.1) is 11.3 Å². The highest BCUT2D eigenvalue weighted by Gasteiger charge is 2.02. The Morgan fingerprint density at radius 1 is 1.13 bits per heavy atom. The molecule has 0 radical (unpaired) electrons. The Morgan fingerprint density at radius 2 is 1.87 bits per heavy atom. The highest BCUT2D eigenvalue weighted by Crippen LogP contribution is 2.20. The fourth-order valence-electron chi connectivity index (χ4n) is 1.75. The second kappa shape index (κ2) is 2.82. The molecule has 0 unspecified atom stereocenters. The molecule has 3 aromatic rings. The van der Waals surface area contributed by atoms with Crippen molar-refractivity contribution in [2.24, 2.45) is 0 Å². The van der Waals surface area contributed by atoms with Gasteiger partial charge in [0, 0.05) is 0 Å². The molecule has 0 fully saturated rings. The summed E-state index contributed by atoms with van der Waals surface area (Å²) in [7, 11) is 0. The molecule has 3 heteroatoms. The fraction of sp³-hybridized carbons (Fsp3) is 0. The summed E-state index contributed by atoms with van der Waals surface area (Å²) in [6, 6.07) is 14.1. The zero-order valence-corrected chi connectivity index (χ0v) is 7.86. The molecule has 2 aromatic carbocycles. The van der Waals surface area contributed by atoms with Gasteiger partial charge in [0.05, 0.1) is 11.0 Å². The van der Waals surface area contributed by atoms with Crippen molar-refractivity contribution in [1.29, 1.82) is 5.26 Å². The number of fused-ring (bicyclic) bond motifs is 2. The number of nitrogens with one attached hydrogen (secondary N) is 1. The molecule has 3 nitrogen and oxygen atoms in total. The number of H-pyrrole nitrogens is 1. The summed E-state index contributed by atoms with van der Waals surface area (Å²) in [6.07, 6.45) is 0. The molecule has 1 N–H and O–H groups in total. The van der Waals surface area contributed by atoms with Crippen molar-refractivity contribution in [3.05, 3.63) is 42.2 Å². The molecular weight excluding hydrogens is 186 g/mol. The number of aromatic amines is 1. The lowest BCUT2D eigenvalue weighted by Crippen LogP contribution is -1.73. The SMILES string of the molecule is N#Cc1nc2cc3ccccc3cc2[nH]1. The number of hydrogen-bond acceptors (Lipinski definition) is 2. The van der Waals surface area contributed by atoms with Crippen LogP contribution < -0.4 is 0 Å². The van der Waals surface area contributed by atoms with Gasteiger partial charge in [-0.3, -0.25) is 0 Å². The minimum atomic E-state index is 0.361. The molecule has 0 bridgehead atoms. The summed E-state index contributed by atoms with van der Waals surface area (Å²) < 4.78 is 0. The first-order valence-electron chi connectivity index (χ1n) is 4.65. The molecule has 1 heterocycles. The fourth-order valence-corrected chi connectivity index (χ4v) is 1.75. The quantitative estimate of drug-likeness (QED) is 0.596. The van der Waals surface area contributed by atoms with E-state index in [0.29, 0.717) is 5.82 Å². The molecule has 0 aliphatic rings. The van der Waals surface area contributed by atoms with Crippen LogP contribution in [-0.2, 0) is 0 Å². The van der Waals surface area contributed by atoms with Gasteiger partial charge in [0.2, 0.25) is 5.82 Å². The van der Waals surface area contributed by atoms with Crippen LogP contribution >= 0.6 is 0 Å². The lowest BCUT2D eigenvalue weighted by molar-refractivity contribution is 1.25. The summed E-state index contributed by atoms with van der Waals surface area (Å²) in [4.78, 5) is 7.13. The zero-order chi connectivity index (χ0) is 10.3. The molecule has 0 aliphatic heterocycles. The number of aromatic nitrogens is 2. The maximum atomic E-state index is 8.73. The molecule has 0 saturated carbocycles. The third-order valence-corrected chi connectivity index (χ3v) is 2.46. The first kappa shape index (κ1) is 8.01. The van der Waals surface area contributed by atoms with E-state index in [-0.39, 0.29) is 0 Å². The van der Waals surface area contributed by atoms with Crippen LogP contribution in [0.4, 0.5) is 0 Å². The molecular formula is C12H7N3. The van der Waals surface area contributed by atoms with Crippen LogP contribution in [0.3, 0.4) is 0 Å². The maximum absolute atomic E-state index is 8.73. The van der Waals surface area contributed by atoms with E-state index in [1.54, 1.807) is 0 Å². The average molecular weight is 193 g/mol. The van der Waals surface area contributed by atoms with Crippen molar-refractivity contribution < 1.29 is 0 Å². The number of rotatable bonds is 0. The standard InChI is InChI=1S/C12H7N3/c13-7-12-14-10-5-8-3-1-2-4-9(8)6-11(10)15-12/h1-6H,(H,14,15). The molecule has 0 saturated heterocycles. The molecule has 0 atom stereocenters. The third kappa shape index (κ3) is 1.16. The Bertz CT molecular complexity index is 636. The van der Waals surface area contributed by atoms with E-state index in [0.717, 1.165) is 21.8 Å². The molecule has 0 spiro atoms. The van der Waals surface area contributed by atoms with E-state index in [1.165, 1.54) is 0 Å². The predicted molar refractivity (Wildman–Crippen MR) is 58.3 cm³/mol. The summed E-state index contributed by atoms with van der Waals surface area (Å²) in [5.41, 5.74) is 1.75. The maximum Gasteiger partial charge on any atom is 0.211 e. The summed E-state index contributed by atoms with van der Waals surface area (Å²) in [6.45, 7) is 0. The topological polar surface area (TPSA) is 52.5 Å². The number of nitrogens with zero attached hydrogens (tertiary/aromatic N) is 2. The minimum Gasteiger partial charge on any atom is -0.329 e. The van der Waals surface area contributed by atoms with Crippen molar-refractivity contribution in [1.82, 2.24) is 9.97 Å². The van der Waals surface area contributed by atoms with E-state index in [4.69, 9.17) is 5.26 Å². The summed E-state index contributed by atoms with van der Waals surface area (Å²) in [5.74, 6) is 0.361. The normalized spacial score (nSPS) is 10.6. The monoisotopic (exact) mass is 193 g/mol. The van der Waals surface area contributed by atoms with Gasteiger partial charge in [-0.05, 0) is 22.9 Å². The second-order valence-electron chi connectivity index (χ2n) is 3.41. The van der Waals surface area contributed by atoms with Crippen molar-refractivity contribution in [3.63, 3.8) is 0 Å². The molecule has 70 valence electrons. The Kier molecular flexibility index (Phi) is 1.51. The Morgan fingerprint density at radius 3 is 2.60 bits per heavy atom. The van der Waals surface area contributed by atoms with Crippen molar-refractivity contribution in [3.8, 4) is 6.07 Å². The van der Waals surface area contributed by atoms with E-state index in [1.807, 2.05) is 42.5 Å². The molecule has 3 rings (SSSR count). The zero-order valence-electron chi connectivity index (χ0n) is 7.86. The van der Waals surface area contributed by atoms with Crippen LogP contribution in [0.2, 0.25) is 0 Å². The van der Waals surface area contributed by atoms with Crippen LogP contribution in [0.15, 0.2) is 36.4 Å². The summed E-state index contributed by atoms with van der Waals surface area (Å²) in [5, 5.41) is 11.0. The molecule has 0 amide bonds. The van der Waals surface area contributed by atoms with Gasteiger partial charge in [-0.25, -0.2) is 4.98 Å².